The highest BCUT2D eigenvalue weighted by Gasteiger charge is 2.08. The van der Waals surface area contributed by atoms with Crippen LogP contribution in [0, 0.1) is 18.6 Å². The first-order chi connectivity index (χ1) is 13.0. The maximum Gasteiger partial charge on any atom is 0.229 e. The number of anilines is 4. The van der Waals surface area contributed by atoms with Gasteiger partial charge in [0.2, 0.25) is 5.95 Å². The summed E-state index contributed by atoms with van der Waals surface area (Å²) in [6, 6.07) is 10.6. The van der Waals surface area contributed by atoms with E-state index < -0.39 is 11.6 Å². The summed E-state index contributed by atoms with van der Waals surface area (Å²) in [5.41, 5.74) is 1.78. The molecule has 0 spiro atoms. The molecule has 0 fully saturated rings. The zero-order valence-electron chi connectivity index (χ0n) is 15.0. The third-order valence-electron chi connectivity index (χ3n) is 3.69. The molecule has 0 aliphatic carbocycles. The molecule has 0 saturated heterocycles. The fourth-order valence-electron chi connectivity index (χ4n) is 2.45. The first-order valence-corrected chi connectivity index (χ1v) is 8.05. The van der Waals surface area contributed by atoms with E-state index in [1.807, 2.05) is 0 Å². The predicted molar refractivity (Wildman–Crippen MR) is 99.2 cm³/mol. The standard InChI is InChI=1S/C19H18F2N4O2/c1-11-8-18(23-12-4-6-14(20)15(21)9-12)25-19(22-11)24-13-5-7-16(26-2)17(10-13)27-3/h4-10H,1-3H3,(H2,22,23,24,25). The van der Waals surface area contributed by atoms with Crippen molar-refractivity contribution < 1.29 is 18.3 Å². The van der Waals surface area contributed by atoms with Crippen molar-refractivity contribution in [3.8, 4) is 11.5 Å². The van der Waals surface area contributed by atoms with Crippen LogP contribution in [0.25, 0.3) is 0 Å². The van der Waals surface area contributed by atoms with Crippen LogP contribution >= 0.6 is 0 Å². The van der Waals surface area contributed by atoms with Crippen molar-refractivity contribution in [2.24, 2.45) is 0 Å². The van der Waals surface area contributed by atoms with Crippen molar-refractivity contribution in [2.45, 2.75) is 6.92 Å². The molecule has 0 saturated carbocycles. The summed E-state index contributed by atoms with van der Waals surface area (Å²) in [5.74, 6) is 0.109. The lowest BCUT2D eigenvalue weighted by atomic mass is 10.2. The predicted octanol–water partition coefficient (Wildman–Crippen LogP) is 4.57. The summed E-state index contributed by atoms with van der Waals surface area (Å²) in [5, 5.41) is 6.02. The van der Waals surface area contributed by atoms with E-state index >= 15 is 0 Å². The molecule has 0 aliphatic rings. The van der Waals surface area contributed by atoms with Gasteiger partial charge in [-0.25, -0.2) is 13.8 Å². The third-order valence-corrected chi connectivity index (χ3v) is 3.69. The van der Waals surface area contributed by atoms with Gasteiger partial charge < -0.3 is 20.1 Å². The molecule has 2 N–H and O–H groups in total. The van der Waals surface area contributed by atoms with Gasteiger partial charge in [-0.1, -0.05) is 0 Å². The number of hydrogen-bond acceptors (Lipinski definition) is 6. The second kappa shape index (κ2) is 7.86. The molecular formula is C19H18F2N4O2. The SMILES string of the molecule is COc1ccc(Nc2nc(C)cc(Nc3ccc(F)c(F)c3)n2)cc1OC. The van der Waals surface area contributed by atoms with E-state index in [0.717, 1.165) is 12.1 Å². The van der Waals surface area contributed by atoms with Crippen molar-refractivity contribution in [3.05, 3.63) is 59.8 Å². The fraction of sp³-hybridized carbons (Fsp3) is 0.158. The van der Waals surface area contributed by atoms with Crippen molar-refractivity contribution in [1.82, 2.24) is 9.97 Å². The Kier molecular flexibility index (Phi) is 5.35. The van der Waals surface area contributed by atoms with Gasteiger partial charge in [-0.15, -0.1) is 0 Å². The van der Waals surface area contributed by atoms with E-state index in [-0.39, 0.29) is 0 Å². The number of ether oxygens (including phenoxy) is 2. The third kappa shape index (κ3) is 4.41. The van der Waals surface area contributed by atoms with E-state index in [1.54, 1.807) is 45.4 Å². The number of nitrogens with one attached hydrogen (secondary N) is 2. The molecule has 3 rings (SSSR count). The van der Waals surface area contributed by atoms with Crippen LogP contribution in [-0.2, 0) is 0 Å². The van der Waals surface area contributed by atoms with E-state index in [0.29, 0.717) is 40.3 Å². The highest BCUT2D eigenvalue weighted by atomic mass is 19.2. The molecule has 6 nitrogen and oxygen atoms in total. The maximum absolute atomic E-state index is 13.4. The van der Waals surface area contributed by atoms with Gasteiger partial charge in [0.05, 0.1) is 14.2 Å². The van der Waals surface area contributed by atoms with Gasteiger partial charge in [0.15, 0.2) is 23.1 Å². The van der Waals surface area contributed by atoms with Crippen molar-refractivity contribution >= 4 is 23.1 Å². The topological polar surface area (TPSA) is 68.3 Å². The number of hydrogen-bond donors (Lipinski definition) is 2. The minimum absolute atomic E-state index is 0.340. The lowest BCUT2D eigenvalue weighted by Crippen LogP contribution is -2.03. The Balaban J connectivity index is 1.84. The van der Waals surface area contributed by atoms with Gasteiger partial charge in [-0.05, 0) is 31.2 Å². The molecule has 0 aliphatic heterocycles. The van der Waals surface area contributed by atoms with Gasteiger partial charge in [-0.2, -0.15) is 4.98 Å². The summed E-state index contributed by atoms with van der Waals surface area (Å²) in [6.07, 6.45) is 0. The normalized spacial score (nSPS) is 10.4. The molecule has 1 aromatic heterocycles. The Morgan fingerprint density at radius 2 is 1.48 bits per heavy atom. The number of aryl methyl sites for hydroxylation is 1. The summed E-state index contributed by atoms with van der Waals surface area (Å²) in [7, 11) is 3.11. The van der Waals surface area contributed by atoms with Gasteiger partial charge in [0, 0.05) is 35.3 Å². The maximum atomic E-state index is 13.4. The zero-order valence-corrected chi connectivity index (χ0v) is 15.0. The molecule has 8 heteroatoms. The Hall–Kier alpha value is -3.42. The molecule has 0 bridgehead atoms. The molecule has 1 heterocycles. The van der Waals surface area contributed by atoms with Crippen molar-refractivity contribution in [1.29, 1.82) is 0 Å². The van der Waals surface area contributed by atoms with Crippen LogP contribution in [0.3, 0.4) is 0 Å². The van der Waals surface area contributed by atoms with Crippen molar-refractivity contribution in [3.63, 3.8) is 0 Å². The van der Waals surface area contributed by atoms with Crippen molar-refractivity contribution in [2.75, 3.05) is 24.9 Å². The number of halogens is 2. The molecule has 2 aromatic carbocycles. The Morgan fingerprint density at radius 1 is 0.778 bits per heavy atom. The van der Waals surface area contributed by atoms with E-state index in [2.05, 4.69) is 20.6 Å². The summed E-state index contributed by atoms with van der Waals surface area (Å²) < 4.78 is 36.9. The number of benzene rings is 2. The van der Waals surface area contributed by atoms with Crippen LogP contribution < -0.4 is 20.1 Å². The number of rotatable bonds is 6. The first kappa shape index (κ1) is 18.4. The lowest BCUT2D eigenvalue weighted by Gasteiger charge is -2.12. The summed E-state index contributed by atoms with van der Waals surface area (Å²) >= 11 is 0. The smallest absolute Gasteiger partial charge is 0.229 e. The molecule has 3 aromatic rings. The molecule has 0 amide bonds. The van der Waals surface area contributed by atoms with Crippen LogP contribution in [0.5, 0.6) is 11.5 Å². The fourth-order valence-corrected chi connectivity index (χ4v) is 2.45. The molecule has 140 valence electrons. The Morgan fingerprint density at radius 3 is 2.19 bits per heavy atom. The first-order valence-electron chi connectivity index (χ1n) is 8.05. The quantitative estimate of drug-likeness (QED) is 0.661. The number of methoxy groups -OCH3 is 2. The average molecular weight is 372 g/mol. The average Bonchev–Trinajstić information content (AvgIpc) is 2.64. The largest absolute Gasteiger partial charge is 0.493 e. The van der Waals surface area contributed by atoms with Gasteiger partial charge in [0.25, 0.3) is 0 Å². The monoisotopic (exact) mass is 372 g/mol. The van der Waals surface area contributed by atoms with Gasteiger partial charge in [-0.3, -0.25) is 0 Å². The van der Waals surface area contributed by atoms with Gasteiger partial charge >= 0.3 is 0 Å². The summed E-state index contributed by atoms with van der Waals surface area (Å²) in [4.78, 5) is 8.68. The van der Waals surface area contributed by atoms with Crippen LogP contribution in [-0.4, -0.2) is 24.2 Å². The Bertz CT molecular complexity index is 966. The molecular weight excluding hydrogens is 354 g/mol. The molecule has 0 unspecified atom stereocenters. The minimum atomic E-state index is -0.936. The molecule has 27 heavy (non-hydrogen) atoms. The number of aromatic nitrogens is 2. The highest BCUT2D eigenvalue weighted by molar-refractivity contribution is 5.62. The van der Waals surface area contributed by atoms with Gasteiger partial charge in [0.1, 0.15) is 5.82 Å². The van der Waals surface area contributed by atoms with Crippen LogP contribution in [0.1, 0.15) is 5.69 Å². The molecule has 0 atom stereocenters. The summed E-state index contributed by atoms with van der Waals surface area (Å²) in [6.45, 7) is 1.80. The second-order valence-corrected chi connectivity index (χ2v) is 5.67. The van der Waals surface area contributed by atoms with Crippen LogP contribution in [0.2, 0.25) is 0 Å². The molecule has 0 radical (unpaired) electrons. The Labute approximate surface area is 155 Å². The highest BCUT2D eigenvalue weighted by Crippen LogP contribution is 2.31. The zero-order chi connectivity index (χ0) is 19.4. The lowest BCUT2D eigenvalue weighted by molar-refractivity contribution is 0.355. The number of nitrogens with zero attached hydrogens (tertiary/aromatic N) is 2. The van der Waals surface area contributed by atoms with E-state index in [4.69, 9.17) is 9.47 Å². The van der Waals surface area contributed by atoms with E-state index in [9.17, 15) is 8.78 Å². The second-order valence-electron chi connectivity index (χ2n) is 5.67. The van der Waals surface area contributed by atoms with Crippen LogP contribution in [0.4, 0.5) is 31.9 Å². The minimum Gasteiger partial charge on any atom is -0.493 e. The van der Waals surface area contributed by atoms with E-state index in [1.165, 1.54) is 6.07 Å². The van der Waals surface area contributed by atoms with Crippen LogP contribution in [0.15, 0.2) is 42.5 Å².